The molecule has 33 heavy (non-hydrogen) atoms. The molecule has 1 fully saturated rings. The fraction of sp³-hybridized carbons (Fsp3) is 0.208. The first-order valence-corrected chi connectivity index (χ1v) is 12.2. The molecular formula is C24H20Cl2N4O2S. The summed E-state index contributed by atoms with van der Waals surface area (Å²) in [6, 6.07) is 14.4. The maximum absolute atomic E-state index is 13.0. The second kappa shape index (κ2) is 9.27. The number of aromatic amines is 1. The van der Waals surface area contributed by atoms with Crippen molar-refractivity contribution >= 4 is 56.3 Å². The molecule has 168 valence electrons. The summed E-state index contributed by atoms with van der Waals surface area (Å²) in [6.45, 7) is 1.12. The molecule has 3 heterocycles. The van der Waals surface area contributed by atoms with E-state index in [1.54, 1.807) is 18.2 Å². The summed E-state index contributed by atoms with van der Waals surface area (Å²) < 4.78 is 0. The van der Waals surface area contributed by atoms with Gasteiger partial charge in [-0.15, -0.1) is 11.3 Å². The van der Waals surface area contributed by atoms with E-state index >= 15 is 0 Å². The Kier molecular flexibility index (Phi) is 6.21. The first-order valence-electron chi connectivity index (χ1n) is 10.6. The van der Waals surface area contributed by atoms with Crippen molar-refractivity contribution in [3.05, 3.63) is 80.1 Å². The lowest BCUT2D eigenvalue weighted by atomic mass is 10.1. The number of hydrogen-bond acceptors (Lipinski definition) is 5. The summed E-state index contributed by atoms with van der Waals surface area (Å²) >= 11 is 13.7. The number of rotatable bonds is 5. The molecule has 1 aliphatic heterocycles. The number of amides is 1. The van der Waals surface area contributed by atoms with E-state index in [0.29, 0.717) is 44.7 Å². The monoisotopic (exact) mass is 498 g/mol. The normalized spacial score (nSPS) is 16.4. The maximum Gasteiger partial charge on any atom is 0.260 e. The van der Waals surface area contributed by atoms with E-state index in [1.807, 2.05) is 40.6 Å². The highest BCUT2D eigenvalue weighted by molar-refractivity contribution is 7.17. The van der Waals surface area contributed by atoms with Gasteiger partial charge in [0.1, 0.15) is 10.7 Å². The number of carbonyl (C=O) groups excluding carboxylic acids is 1. The minimum Gasteiger partial charge on any atom is -0.323 e. The Balaban J connectivity index is 1.37. The molecule has 2 aromatic carbocycles. The van der Waals surface area contributed by atoms with Crippen LogP contribution in [0.25, 0.3) is 21.3 Å². The van der Waals surface area contributed by atoms with Gasteiger partial charge in [0, 0.05) is 16.0 Å². The molecule has 4 aromatic rings. The highest BCUT2D eigenvalue weighted by Crippen LogP contribution is 2.31. The van der Waals surface area contributed by atoms with Crippen molar-refractivity contribution in [2.24, 2.45) is 0 Å². The van der Waals surface area contributed by atoms with Gasteiger partial charge in [-0.1, -0.05) is 53.5 Å². The molecule has 5 rings (SSSR count). The number of H-pyrrole nitrogens is 1. The van der Waals surface area contributed by atoms with E-state index in [1.165, 1.54) is 11.3 Å². The lowest BCUT2D eigenvalue weighted by Crippen LogP contribution is -2.39. The predicted octanol–water partition coefficient (Wildman–Crippen LogP) is 5.56. The van der Waals surface area contributed by atoms with Crippen molar-refractivity contribution in [1.29, 1.82) is 0 Å². The molecule has 0 spiro atoms. The van der Waals surface area contributed by atoms with E-state index in [-0.39, 0.29) is 17.5 Å². The van der Waals surface area contributed by atoms with Gasteiger partial charge in [-0.25, -0.2) is 4.98 Å². The van der Waals surface area contributed by atoms with Crippen molar-refractivity contribution < 1.29 is 4.79 Å². The third-order valence-electron chi connectivity index (χ3n) is 5.78. The molecule has 0 saturated carbocycles. The van der Waals surface area contributed by atoms with Crippen LogP contribution in [0.4, 0.5) is 5.69 Å². The van der Waals surface area contributed by atoms with Gasteiger partial charge in [-0.05, 0) is 43.1 Å². The van der Waals surface area contributed by atoms with Crippen LogP contribution in [-0.2, 0) is 11.3 Å². The summed E-state index contributed by atoms with van der Waals surface area (Å²) in [5, 5.41) is 6.38. The maximum atomic E-state index is 13.0. The number of fused-ring (bicyclic) bond motifs is 1. The number of aromatic nitrogens is 2. The Morgan fingerprint density at radius 2 is 2.03 bits per heavy atom. The molecule has 0 aliphatic carbocycles. The number of hydrogen-bond donors (Lipinski definition) is 2. The van der Waals surface area contributed by atoms with Crippen molar-refractivity contribution in [2.45, 2.75) is 25.4 Å². The van der Waals surface area contributed by atoms with Crippen molar-refractivity contribution in [1.82, 2.24) is 14.9 Å². The van der Waals surface area contributed by atoms with Crippen LogP contribution < -0.4 is 10.9 Å². The number of likely N-dealkylation sites (tertiary alicyclic amines) is 1. The smallest absolute Gasteiger partial charge is 0.260 e. The van der Waals surface area contributed by atoms with Gasteiger partial charge in [0.05, 0.1) is 28.7 Å². The van der Waals surface area contributed by atoms with E-state index in [9.17, 15) is 9.59 Å². The minimum atomic E-state index is -0.343. The third-order valence-corrected chi connectivity index (χ3v) is 7.22. The quantitative estimate of drug-likeness (QED) is 0.377. The van der Waals surface area contributed by atoms with Crippen LogP contribution in [0, 0.1) is 0 Å². The molecule has 0 radical (unpaired) electrons. The zero-order valence-electron chi connectivity index (χ0n) is 17.5. The predicted molar refractivity (Wildman–Crippen MR) is 134 cm³/mol. The Hall–Kier alpha value is -2.71. The topological polar surface area (TPSA) is 78.1 Å². The molecule has 0 bridgehead atoms. The fourth-order valence-electron chi connectivity index (χ4n) is 4.21. The van der Waals surface area contributed by atoms with Crippen molar-refractivity contribution in [2.75, 3.05) is 11.9 Å². The molecule has 9 heteroatoms. The Morgan fingerprint density at radius 3 is 2.85 bits per heavy atom. The molecule has 1 atom stereocenters. The van der Waals surface area contributed by atoms with Crippen LogP contribution in [0.5, 0.6) is 0 Å². The number of carbonyl (C=O) groups is 1. The van der Waals surface area contributed by atoms with E-state index in [4.69, 9.17) is 28.2 Å². The van der Waals surface area contributed by atoms with Gasteiger partial charge in [0.2, 0.25) is 5.91 Å². The number of thiophene rings is 1. The molecule has 1 amide bonds. The van der Waals surface area contributed by atoms with Crippen LogP contribution in [0.2, 0.25) is 10.0 Å². The Morgan fingerprint density at radius 1 is 1.21 bits per heavy atom. The molecule has 1 unspecified atom stereocenters. The Bertz CT molecular complexity index is 1390. The van der Waals surface area contributed by atoms with Crippen LogP contribution in [0.1, 0.15) is 18.7 Å². The van der Waals surface area contributed by atoms with E-state index < -0.39 is 0 Å². The Labute approximate surface area is 204 Å². The highest BCUT2D eigenvalue weighted by Gasteiger charge is 2.31. The number of benzene rings is 2. The van der Waals surface area contributed by atoms with Gasteiger partial charge in [0.15, 0.2) is 0 Å². The fourth-order valence-corrected chi connectivity index (χ4v) is 5.52. The van der Waals surface area contributed by atoms with Gasteiger partial charge in [0.25, 0.3) is 5.56 Å². The van der Waals surface area contributed by atoms with Gasteiger partial charge >= 0.3 is 0 Å². The third kappa shape index (κ3) is 4.54. The summed E-state index contributed by atoms with van der Waals surface area (Å²) in [7, 11) is 0. The number of anilines is 1. The van der Waals surface area contributed by atoms with Crippen LogP contribution in [0.3, 0.4) is 0 Å². The zero-order valence-corrected chi connectivity index (χ0v) is 19.8. The molecular weight excluding hydrogens is 479 g/mol. The summed E-state index contributed by atoms with van der Waals surface area (Å²) in [5.41, 5.74) is 2.19. The van der Waals surface area contributed by atoms with E-state index in [0.717, 1.165) is 24.1 Å². The van der Waals surface area contributed by atoms with Crippen molar-refractivity contribution in [3.63, 3.8) is 0 Å². The largest absolute Gasteiger partial charge is 0.323 e. The molecule has 2 N–H and O–H groups in total. The zero-order chi connectivity index (χ0) is 22.9. The van der Waals surface area contributed by atoms with Gasteiger partial charge in [-0.2, -0.15) is 0 Å². The number of nitrogens with zero attached hydrogens (tertiary/aromatic N) is 2. The van der Waals surface area contributed by atoms with Crippen molar-refractivity contribution in [3.8, 4) is 11.1 Å². The second-order valence-electron chi connectivity index (χ2n) is 7.95. The van der Waals surface area contributed by atoms with Gasteiger partial charge < -0.3 is 10.3 Å². The van der Waals surface area contributed by atoms with E-state index in [2.05, 4.69) is 10.3 Å². The summed E-state index contributed by atoms with van der Waals surface area (Å²) in [5.74, 6) is 0.400. The lowest BCUT2D eigenvalue weighted by molar-refractivity contribution is -0.120. The summed E-state index contributed by atoms with van der Waals surface area (Å²) in [6.07, 6.45) is 1.60. The minimum absolute atomic E-state index is 0.150. The molecule has 1 saturated heterocycles. The standard InChI is InChI=1S/C24H20Cl2N4O2S/c25-15-8-9-17(26)18(11-15)27-22(31)19-7-4-10-30(19)12-20-28-23(32)21-16(13-33-24(21)29-20)14-5-2-1-3-6-14/h1-3,5-6,8-9,11,13,19H,4,7,10,12H2,(H,27,31)(H,28,29,32). The van der Waals surface area contributed by atoms with Crippen LogP contribution in [-0.4, -0.2) is 33.4 Å². The molecule has 2 aromatic heterocycles. The average Bonchev–Trinajstić information content (AvgIpc) is 3.44. The first-order chi connectivity index (χ1) is 16.0. The number of nitrogens with one attached hydrogen (secondary N) is 2. The average molecular weight is 499 g/mol. The lowest BCUT2D eigenvalue weighted by Gasteiger charge is -2.23. The second-order valence-corrected chi connectivity index (χ2v) is 9.65. The molecule has 6 nitrogen and oxygen atoms in total. The number of halogens is 2. The summed E-state index contributed by atoms with van der Waals surface area (Å²) in [4.78, 5) is 36.3. The van der Waals surface area contributed by atoms with Gasteiger partial charge in [-0.3, -0.25) is 14.5 Å². The van der Waals surface area contributed by atoms with Crippen LogP contribution in [0.15, 0.2) is 58.7 Å². The SMILES string of the molecule is O=C(Nc1cc(Cl)ccc1Cl)C1CCCN1Cc1nc2scc(-c3ccccc3)c2c(=O)[nH]1. The molecule has 1 aliphatic rings. The highest BCUT2D eigenvalue weighted by atomic mass is 35.5. The van der Waals surface area contributed by atoms with Crippen LogP contribution >= 0.6 is 34.5 Å². The first kappa shape index (κ1) is 22.1.